The Hall–Kier alpha value is -3.42. The third kappa shape index (κ3) is 3.73. The number of benzene rings is 2. The van der Waals surface area contributed by atoms with Crippen LogP contribution in [-0.2, 0) is 0 Å². The highest BCUT2D eigenvalue weighted by Crippen LogP contribution is 2.35. The van der Waals surface area contributed by atoms with Gasteiger partial charge in [0.05, 0.1) is 12.1 Å². The molecule has 0 amide bonds. The summed E-state index contributed by atoms with van der Waals surface area (Å²) >= 11 is 0. The SMILES string of the molecule is CC(C)Oc1ccc(OC[C@H]2CCCN2c2ncnc3nc(F)[nH]c23)c2ccccc12. The van der Waals surface area contributed by atoms with Crippen molar-refractivity contribution < 1.29 is 13.9 Å². The Balaban J connectivity index is 1.40. The molecule has 2 aromatic heterocycles. The maximum absolute atomic E-state index is 13.6. The zero-order chi connectivity index (χ0) is 21.4. The molecule has 160 valence electrons. The monoisotopic (exact) mass is 421 g/mol. The van der Waals surface area contributed by atoms with Gasteiger partial charge in [0.25, 0.3) is 6.08 Å². The van der Waals surface area contributed by atoms with Gasteiger partial charge in [0.2, 0.25) is 0 Å². The Morgan fingerprint density at radius 2 is 1.90 bits per heavy atom. The van der Waals surface area contributed by atoms with Crippen LogP contribution in [0.15, 0.2) is 42.7 Å². The van der Waals surface area contributed by atoms with E-state index >= 15 is 0 Å². The number of aromatic nitrogens is 4. The lowest BCUT2D eigenvalue weighted by atomic mass is 10.1. The maximum Gasteiger partial charge on any atom is 0.289 e. The maximum atomic E-state index is 13.6. The minimum Gasteiger partial charge on any atom is -0.491 e. The molecule has 0 saturated carbocycles. The van der Waals surface area contributed by atoms with Crippen LogP contribution >= 0.6 is 0 Å². The topological polar surface area (TPSA) is 76.2 Å². The minimum absolute atomic E-state index is 0.0965. The van der Waals surface area contributed by atoms with E-state index in [1.165, 1.54) is 6.33 Å². The van der Waals surface area contributed by atoms with Gasteiger partial charge in [-0.15, -0.1) is 0 Å². The van der Waals surface area contributed by atoms with E-state index in [2.05, 4.69) is 24.8 Å². The summed E-state index contributed by atoms with van der Waals surface area (Å²) in [4.78, 5) is 17.0. The molecule has 0 spiro atoms. The summed E-state index contributed by atoms with van der Waals surface area (Å²) in [7, 11) is 0. The summed E-state index contributed by atoms with van der Waals surface area (Å²) < 4.78 is 25.9. The highest BCUT2D eigenvalue weighted by molar-refractivity contribution is 5.93. The Labute approximate surface area is 179 Å². The molecule has 3 heterocycles. The molecule has 2 aromatic carbocycles. The van der Waals surface area contributed by atoms with Crippen LogP contribution in [-0.4, -0.2) is 45.2 Å². The van der Waals surface area contributed by atoms with Gasteiger partial charge in [0.1, 0.15) is 29.9 Å². The van der Waals surface area contributed by atoms with Crippen LogP contribution in [0, 0.1) is 6.08 Å². The van der Waals surface area contributed by atoms with E-state index in [1.54, 1.807) is 0 Å². The zero-order valence-corrected chi connectivity index (χ0v) is 17.5. The van der Waals surface area contributed by atoms with Crippen LogP contribution in [0.2, 0.25) is 0 Å². The number of rotatable bonds is 6. The highest BCUT2D eigenvalue weighted by Gasteiger charge is 2.29. The van der Waals surface area contributed by atoms with Gasteiger partial charge in [0, 0.05) is 17.3 Å². The second kappa shape index (κ2) is 8.02. The molecule has 0 radical (unpaired) electrons. The average molecular weight is 421 g/mol. The van der Waals surface area contributed by atoms with E-state index in [9.17, 15) is 4.39 Å². The molecule has 0 unspecified atom stereocenters. The van der Waals surface area contributed by atoms with Crippen molar-refractivity contribution in [2.75, 3.05) is 18.1 Å². The first-order valence-corrected chi connectivity index (χ1v) is 10.5. The number of aromatic amines is 1. The second-order valence-electron chi connectivity index (χ2n) is 8.00. The molecule has 7 nitrogen and oxygen atoms in total. The van der Waals surface area contributed by atoms with Crippen LogP contribution in [0.4, 0.5) is 10.2 Å². The number of nitrogens with zero attached hydrogens (tertiary/aromatic N) is 4. The summed E-state index contributed by atoms with van der Waals surface area (Å²) in [5.74, 6) is 2.34. The average Bonchev–Trinajstić information content (AvgIpc) is 3.38. The largest absolute Gasteiger partial charge is 0.491 e. The third-order valence-corrected chi connectivity index (χ3v) is 5.53. The van der Waals surface area contributed by atoms with Crippen molar-refractivity contribution in [2.45, 2.75) is 38.8 Å². The smallest absolute Gasteiger partial charge is 0.289 e. The Morgan fingerprint density at radius 1 is 1.13 bits per heavy atom. The fraction of sp³-hybridized carbons (Fsp3) is 0.348. The molecule has 4 aromatic rings. The lowest BCUT2D eigenvalue weighted by molar-refractivity contribution is 0.245. The van der Waals surface area contributed by atoms with Crippen molar-refractivity contribution in [1.29, 1.82) is 0 Å². The van der Waals surface area contributed by atoms with E-state index in [-0.39, 0.29) is 12.1 Å². The van der Waals surface area contributed by atoms with E-state index in [0.29, 0.717) is 23.6 Å². The lowest BCUT2D eigenvalue weighted by Crippen LogP contribution is -2.35. The molecule has 0 aliphatic carbocycles. The number of nitrogens with one attached hydrogen (secondary N) is 1. The van der Waals surface area contributed by atoms with Crippen LogP contribution < -0.4 is 14.4 Å². The normalized spacial score (nSPS) is 16.5. The molecule has 0 bridgehead atoms. The lowest BCUT2D eigenvalue weighted by Gasteiger charge is -2.26. The van der Waals surface area contributed by atoms with Gasteiger partial charge in [-0.25, -0.2) is 9.97 Å². The highest BCUT2D eigenvalue weighted by atomic mass is 19.1. The fourth-order valence-corrected chi connectivity index (χ4v) is 4.21. The summed E-state index contributed by atoms with van der Waals surface area (Å²) in [6, 6.07) is 12.1. The Bertz CT molecular complexity index is 1230. The number of halogens is 1. The molecular weight excluding hydrogens is 397 g/mol. The summed E-state index contributed by atoms with van der Waals surface area (Å²) in [6.45, 7) is 5.35. The second-order valence-corrected chi connectivity index (χ2v) is 8.00. The van der Waals surface area contributed by atoms with E-state index in [1.807, 2.05) is 50.2 Å². The predicted octanol–water partition coefficient (Wildman–Crippen LogP) is 4.48. The number of ether oxygens (including phenoxy) is 2. The number of hydrogen-bond donors (Lipinski definition) is 1. The first-order valence-electron chi connectivity index (χ1n) is 10.5. The number of imidazole rings is 1. The number of H-pyrrole nitrogens is 1. The van der Waals surface area contributed by atoms with Crippen LogP contribution in [0.1, 0.15) is 26.7 Å². The molecule has 1 N–H and O–H groups in total. The van der Waals surface area contributed by atoms with Gasteiger partial charge in [-0.2, -0.15) is 9.37 Å². The van der Waals surface area contributed by atoms with Crippen molar-refractivity contribution in [3.05, 3.63) is 48.8 Å². The summed E-state index contributed by atoms with van der Waals surface area (Å²) in [5.41, 5.74) is 0.855. The van der Waals surface area contributed by atoms with Crippen molar-refractivity contribution in [3.8, 4) is 11.5 Å². The quantitative estimate of drug-likeness (QED) is 0.463. The molecular formula is C23H24FN5O2. The Kier molecular flexibility index (Phi) is 5.05. The first-order chi connectivity index (χ1) is 15.1. The molecule has 1 saturated heterocycles. The van der Waals surface area contributed by atoms with E-state index in [4.69, 9.17) is 9.47 Å². The van der Waals surface area contributed by atoms with Gasteiger partial charge in [-0.05, 0) is 38.8 Å². The van der Waals surface area contributed by atoms with Crippen molar-refractivity contribution in [3.63, 3.8) is 0 Å². The van der Waals surface area contributed by atoms with Gasteiger partial charge in [-0.3, -0.25) is 0 Å². The molecule has 5 rings (SSSR count). The van der Waals surface area contributed by atoms with Crippen molar-refractivity contribution >= 4 is 27.8 Å². The molecule has 31 heavy (non-hydrogen) atoms. The zero-order valence-electron chi connectivity index (χ0n) is 17.5. The van der Waals surface area contributed by atoms with Crippen LogP contribution in [0.25, 0.3) is 21.9 Å². The predicted molar refractivity (Wildman–Crippen MR) is 117 cm³/mol. The van der Waals surface area contributed by atoms with E-state index in [0.717, 1.165) is 41.7 Å². The molecule has 8 heteroatoms. The van der Waals surface area contributed by atoms with E-state index < -0.39 is 6.08 Å². The fourth-order valence-electron chi connectivity index (χ4n) is 4.21. The van der Waals surface area contributed by atoms with Gasteiger partial charge in [0.15, 0.2) is 11.5 Å². The first kappa shape index (κ1) is 19.5. The molecule has 1 fully saturated rings. The molecule has 1 aliphatic rings. The minimum atomic E-state index is -0.654. The van der Waals surface area contributed by atoms with Crippen molar-refractivity contribution in [2.24, 2.45) is 0 Å². The van der Waals surface area contributed by atoms with Gasteiger partial charge >= 0.3 is 0 Å². The van der Waals surface area contributed by atoms with Crippen molar-refractivity contribution in [1.82, 2.24) is 19.9 Å². The number of hydrogen-bond acceptors (Lipinski definition) is 6. The standard InChI is InChI=1S/C23H24FN5O2/c1-14(2)31-19-10-9-18(16-7-3-4-8-17(16)19)30-12-15-6-5-11-29(15)22-20-21(25-13-26-22)28-23(24)27-20/h3-4,7-10,13-15H,5-6,11-12H2,1-2H3,(H,25,26,27,28)/t15-/m1/s1. The summed E-state index contributed by atoms with van der Waals surface area (Å²) in [6.07, 6.45) is 2.85. The number of fused-ring (bicyclic) bond motifs is 2. The Morgan fingerprint density at radius 3 is 2.71 bits per heavy atom. The molecule has 1 atom stereocenters. The van der Waals surface area contributed by atoms with Crippen LogP contribution in [0.3, 0.4) is 0 Å². The third-order valence-electron chi connectivity index (χ3n) is 5.53. The molecule has 1 aliphatic heterocycles. The van der Waals surface area contributed by atoms with Gasteiger partial charge < -0.3 is 19.4 Å². The van der Waals surface area contributed by atoms with Gasteiger partial charge in [-0.1, -0.05) is 24.3 Å². The number of anilines is 1. The van der Waals surface area contributed by atoms with Crippen LogP contribution in [0.5, 0.6) is 11.5 Å². The summed E-state index contributed by atoms with van der Waals surface area (Å²) in [5, 5.41) is 2.05.